The first-order chi connectivity index (χ1) is 12.5. The third kappa shape index (κ3) is 4.41. The summed E-state index contributed by atoms with van der Waals surface area (Å²) in [5.74, 6) is 0.647. The number of benzene rings is 1. The molecule has 1 atom stereocenters. The number of nitrogens with zero attached hydrogens (tertiary/aromatic N) is 3. The number of carbonyl (C=O) groups is 2. The highest BCUT2D eigenvalue weighted by molar-refractivity contribution is 5.83. The van der Waals surface area contributed by atoms with Crippen LogP contribution in [-0.4, -0.2) is 40.1 Å². The molecule has 7 heteroatoms. The molecule has 1 aliphatic heterocycles. The molecule has 1 saturated heterocycles. The first-order valence-electron chi connectivity index (χ1n) is 8.71. The van der Waals surface area contributed by atoms with Crippen molar-refractivity contribution in [1.82, 2.24) is 20.0 Å². The van der Waals surface area contributed by atoms with Gasteiger partial charge in [-0.05, 0) is 24.1 Å². The molecule has 1 N–H and O–H groups in total. The predicted octanol–water partition coefficient (Wildman–Crippen LogP) is 1.48. The largest absolute Gasteiger partial charge is 0.497 e. The van der Waals surface area contributed by atoms with Crippen LogP contribution >= 0.6 is 0 Å². The third-order valence-electron chi connectivity index (χ3n) is 4.60. The van der Waals surface area contributed by atoms with Crippen molar-refractivity contribution in [2.75, 3.05) is 13.7 Å². The number of likely N-dealkylation sites (tertiary alicyclic amines) is 1. The van der Waals surface area contributed by atoms with Crippen molar-refractivity contribution in [3.8, 4) is 5.75 Å². The standard InChI is InChI=1S/C19H24N4O3/c1-22-11-15(10-21-22)9-20-19(25)16-6-7-18(24)23(13-16)12-14-4-3-5-17(8-14)26-2/h3-5,8,10-11,16H,6-7,9,12-13H2,1-2H3,(H,20,25)/t16-/m0/s1. The number of hydrogen-bond acceptors (Lipinski definition) is 4. The van der Waals surface area contributed by atoms with Gasteiger partial charge in [0.15, 0.2) is 0 Å². The topological polar surface area (TPSA) is 76.5 Å². The number of rotatable bonds is 6. The average Bonchev–Trinajstić information content (AvgIpc) is 3.07. The summed E-state index contributed by atoms with van der Waals surface area (Å²) in [6.45, 7) is 1.38. The summed E-state index contributed by atoms with van der Waals surface area (Å²) in [5.41, 5.74) is 1.95. The molecule has 0 unspecified atom stereocenters. The molecule has 0 bridgehead atoms. The van der Waals surface area contributed by atoms with Gasteiger partial charge in [0.05, 0.1) is 19.2 Å². The smallest absolute Gasteiger partial charge is 0.225 e. The molecule has 138 valence electrons. The van der Waals surface area contributed by atoms with Crippen LogP contribution in [0.1, 0.15) is 24.0 Å². The quantitative estimate of drug-likeness (QED) is 0.851. The Kier molecular flexibility index (Phi) is 5.55. The Morgan fingerprint density at radius 3 is 2.96 bits per heavy atom. The molecular formula is C19H24N4O3. The minimum Gasteiger partial charge on any atom is -0.497 e. The van der Waals surface area contributed by atoms with Crippen LogP contribution in [0.15, 0.2) is 36.7 Å². The van der Waals surface area contributed by atoms with Crippen molar-refractivity contribution in [2.45, 2.75) is 25.9 Å². The van der Waals surface area contributed by atoms with E-state index in [4.69, 9.17) is 4.74 Å². The fourth-order valence-electron chi connectivity index (χ4n) is 3.17. The monoisotopic (exact) mass is 356 g/mol. The van der Waals surface area contributed by atoms with Crippen LogP contribution in [0.4, 0.5) is 0 Å². The molecule has 0 saturated carbocycles. The lowest BCUT2D eigenvalue weighted by molar-refractivity contribution is -0.139. The fraction of sp³-hybridized carbons (Fsp3) is 0.421. The van der Waals surface area contributed by atoms with Gasteiger partial charge in [0.25, 0.3) is 0 Å². The van der Waals surface area contributed by atoms with Crippen molar-refractivity contribution in [2.24, 2.45) is 13.0 Å². The highest BCUT2D eigenvalue weighted by atomic mass is 16.5. The van der Waals surface area contributed by atoms with Crippen molar-refractivity contribution in [3.63, 3.8) is 0 Å². The van der Waals surface area contributed by atoms with E-state index in [1.165, 1.54) is 0 Å². The van der Waals surface area contributed by atoms with Gasteiger partial charge in [-0.1, -0.05) is 12.1 Å². The Bertz CT molecular complexity index is 787. The maximum atomic E-state index is 12.5. The summed E-state index contributed by atoms with van der Waals surface area (Å²) in [7, 11) is 3.46. The molecule has 2 amide bonds. The highest BCUT2D eigenvalue weighted by Gasteiger charge is 2.30. The van der Waals surface area contributed by atoms with Gasteiger partial charge in [-0.2, -0.15) is 5.10 Å². The zero-order valence-electron chi connectivity index (χ0n) is 15.1. The zero-order chi connectivity index (χ0) is 18.5. The summed E-state index contributed by atoms with van der Waals surface area (Å²) in [5, 5.41) is 7.04. The highest BCUT2D eigenvalue weighted by Crippen LogP contribution is 2.21. The van der Waals surface area contributed by atoms with Gasteiger partial charge in [0, 0.05) is 44.9 Å². The lowest BCUT2D eigenvalue weighted by Crippen LogP contribution is -2.45. The van der Waals surface area contributed by atoms with E-state index in [2.05, 4.69) is 10.4 Å². The molecule has 1 aromatic carbocycles. The molecule has 1 aliphatic rings. The van der Waals surface area contributed by atoms with Crippen molar-refractivity contribution >= 4 is 11.8 Å². The molecular weight excluding hydrogens is 332 g/mol. The Balaban J connectivity index is 1.58. The van der Waals surface area contributed by atoms with Crippen LogP contribution in [0.3, 0.4) is 0 Å². The number of amides is 2. The number of aromatic nitrogens is 2. The molecule has 26 heavy (non-hydrogen) atoms. The van der Waals surface area contributed by atoms with Crippen LogP contribution in [0, 0.1) is 5.92 Å². The summed E-state index contributed by atoms with van der Waals surface area (Å²) in [6, 6.07) is 7.65. The second-order valence-electron chi connectivity index (χ2n) is 6.60. The van der Waals surface area contributed by atoms with E-state index in [-0.39, 0.29) is 17.7 Å². The first-order valence-corrected chi connectivity index (χ1v) is 8.71. The number of methoxy groups -OCH3 is 1. The second kappa shape index (κ2) is 8.03. The summed E-state index contributed by atoms with van der Waals surface area (Å²) in [6.07, 6.45) is 4.60. The second-order valence-corrected chi connectivity index (χ2v) is 6.60. The molecule has 0 aliphatic carbocycles. The number of piperidine rings is 1. The van der Waals surface area contributed by atoms with Crippen LogP contribution in [0.5, 0.6) is 5.75 Å². The van der Waals surface area contributed by atoms with Crippen LogP contribution in [0.2, 0.25) is 0 Å². The van der Waals surface area contributed by atoms with Gasteiger partial charge in [0.2, 0.25) is 11.8 Å². The predicted molar refractivity (Wildman–Crippen MR) is 96.2 cm³/mol. The maximum absolute atomic E-state index is 12.5. The molecule has 1 aromatic heterocycles. The molecule has 0 radical (unpaired) electrons. The number of carbonyl (C=O) groups excluding carboxylic acids is 2. The van der Waals surface area contributed by atoms with E-state index in [0.717, 1.165) is 16.9 Å². The average molecular weight is 356 g/mol. The molecule has 0 spiro atoms. The lowest BCUT2D eigenvalue weighted by Gasteiger charge is -2.32. The van der Waals surface area contributed by atoms with Crippen LogP contribution in [0.25, 0.3) is 0 Å². The number of hydrogen-bond donors (Lipinski definition) is 1. The van der Waals surface area contributed by atoms with Gasteiger partial charge in [-0.3, -0.25) is 14.3 Å². The summed E-state index contributed by atoms with van der Waals surface area (Å²) in [4.78, 5) is 26.5. The minimum atomic E-state index is -0.185. The van der Waals surface area contributed by atoms with Crippen molar-refractivity contribution < 1.29 is 14.3 Å². The van der Waals surface area contributed by atoms with Gasteiger partial charge in [0.1, 0.15) is 5.75 Å². The van der Waals surface area contributed by atoms with E-state index < -0.39 is 0 Å². The van der Waals surface area contributed by atoms with Gasteiger partial charge in [-0.25, -0.2) is 0 Å². The van der Waals surface area contributed by atoms with E-state index in [9.17, 15) is 9.59 Å². The Hall–Kier alpha value is -2.83. The Morgan fingerprint density at radius 2 is 2.23 bits per heavy atom. The molecule has 1 fully saturated rings. The van der Waals surface area contributed by atoms with E-state index >= 15 is 0 Å². The molecule has 2 aromatic rings. The van der Waals surface area contributed by atoms with Crippen LogP contribution in [-0.2, 0) is 29.7 Å². The normalized spacial score (nSPS) is 17.2. The van der Waals surface area contributed by atoms with Crippen LogP contribution < -0.4 is 10.1 Å². The number of nitrogens with one attached hydrogen (secondary N) is 1. The van der Waals surface area contributed by atoms with Gasteiger partial charge in [-0.15, -0.1) is 0 Å². The van der Waals surface area contributed by atoms with Crippen molar-refractivity contribution in [3.05, 3.63) is 47.8 Å². The molecule has 3 rings (SSSR count). The lowest BCUT2D eigenvalue weighted by atomic mass is 9.96. The van der Waals surface area contributed by atoms with Gasteiger partial charge >= 0.3 is 0 Å². The summed E-state index contributed by atoms with van der Waals surface area (Å²) < 4.78 is 6.94. The third-order valence-corrected chi connectivity index (χ3v) is 4.60. The molecule has 7 nitrogen and oxygen atoms in total. The number of ether oxygens (including phenoxy) is 1. The molecule has 2 heterocycles. The summed E-state index contributed by atoms with van der Waals surface area (Å²) >= 11 is 0. The van der Waals surface area contributed by atoms with E-state index in [1.54, 1.807) is 22.9 Å². The van der Waals surface area contributed by atoms with Crippen molar-refractivity contribution in [1.29, 1.82) is 0 Å². The SMILES string of the molecule is COc1cccc(CN2C[C@@H](C(=O)NCc3cnn(C)c3)CCC2=O)c1. The zero-order valence-corrected chi connectivity index (χ0v) is 15.1. The first kappa shape index (κ1) is 18.0. The Labute approximate surface area is 152 Å². The van der Waals surface area contributed by atoms with E-state index in [0.29, 0.717) is 32.5 Å². The van der Waals surface area contributed by atoms with E-state index in [1.807, 2.05) is 37.5 Å². The fourth-order valence-corrected chi connectivity index (χ4v) is 3.17. The maximum Gasteiger partial charge on any atom is 0.225 e. The van der Waals surface area contributed by atoms with Gasteiger partial charge < -0.3 is 15.0 Å². The minimum absolute atomic E-state index is 0.0167. The Morgan fingerprint density at radius 1 is 1.38 bits per heavy atom. The number of aryl methyl sites for hydroxylation is 1.